The number of Topliss-reactive ketones (excluding diaryl/α,β-unsaturated/α-hetero) is 1. The first kappa shape index (κ1) is 22.7. The third-order valence-corrected chi connectivity index (χ3v) is 5.91. The van der Waals surface area contributed by atoms with Gasteiger partial charge in [-0.05, 0) is 47.9 Å². The second kappa shape index (κ2) is 10.0. The van der Waals surface area contributed by atoms with Crippen LogP contribution in [-0.2, 0) is 16.1 Å². The molecule has 0 radical (unpaired) electrons. The topological polar surface area (TPSA) is 79.7 Å². The molecule has 1 aromatic heterocycles. The summed E-state index contributed by atoms with van der Waals surface area (Å²) in [7, 11) is 0. The van der Waals surface area contributed by atoms with Gasteiger partial charge in [-0.2, -0.15) is 0 Å². The lowest BCUT2D eigenvalue weighted by atomic mass is 9.95. The number of halogens is 1. The van der Waals surface area contributed by atoms with E-state index in [0.717, 1.165) is 22.0 Å². The van der Waals surface area contributed by atoms with Crippen molar-refractivity contribution in [2.75, 3.05) is 6.61 Å². The van der Waals surface area contributed by atoms with Crippen LogP contribution in [-0.4, -0.2) is 33.3 Å². The van der Waals surface area contributed by atoms with Crippen LogP contribution in [0.1, 0.15) is 36.1 Å². The maximum Gasteiger partial charge on any atom is 0.295 e. The molecular formula is C26H23BrN2O4. The van der Waals surface area contributed by atoms with E-state index in [0.29, 0.717) is 17.9 Å². The van der Waals surface area contributed by atoms with Gasteiger partial charge in [0.25, 0.3) is 11.7 Å². The Morgan fingerprint density at radius 3 is 2.61 bits per heavy atom. The molecule has 3 aromatic rings. The number of carbonyl (C=O) groups excluding carboxylic acids is 2. The Morgan fingerprint density at radius 2 is 1.91 bits per heavy atom. The van der Waals surface area contributed by atoms with Crippen LogP contribution < -0.4 is 4.74 Å². The molecule has 6 nitrogen and oxygen atoms in total. The van der Waals surface area contributed by atoms with Crippen molar-refractivity contribution in [2.45, 2.75) is 25.9 Å². The highest BCUT2D eigenvalue weighted by molar-refractivity contribution is 9.10. The van der Waals surface area contributed by atoms with Gasteiger partial charge in [-0.3, -0.25) is 14.6 Å². The molecule has 1 N–H and O–H groups in total. The van der Waals surface area contributed by atoms with E-state index in [1.807, 2.05) is 37.3 Å². The lowest BCUT2D eigenvalue weighted by Crippen LogP contribution is -2.29. The number of benzene rings is 2. The van der Waals surface area contributed by atoms with E-state index in [2.05, 4.69) is 20.9 Å². The number of aliphatic hydroxyl groups is 1. The molecular weight excluding hydrogens is 484 g/mol. The Morgan fingerprint density at radius 1 is 1.12 bits per heavy atom. The Labute approximate surface area is 200 Å². The maximum absolute atomic E-state index is 13.2. The van der Waals surface area contributed by atoms with Crippen molar-refractivity contribution in [3.63, 3.8) is 0 Å². The number of carbonyl (C=O) groups is 2. The molecule has 1 atom stereocenters. The summed E-state index contributed by atoms with van der Waals surface area (Å²) in [5.41, 5.74) is 1.99. The van der Waals surface area contributed by atoms with E-state index in [9.17, 15) is 14.7 Å². The van der Waals surface area contributed by atoms with Gasteiger partial charge in [0, 0.05) is 29.0 Å². The summed E-state index contributed by atoms with van der Waals surface area (Å²) in [6.07, 6.45) is 4.16. The first-order valence-electron chi connectivity index (χ1n) is 10.7. The van der Waals surface area contributed by atoms with Crippen LogP contribution in [0.25, 0.3) is 5.76 Å². The smallest absolute Gasteiger partial charge is 0.295 e. The van der Waals surface area contributed by atoms with Crippen molar-refractivity contribution in [3.05, 3.63) is 99.8 Å². The fraction of sp³-hybridized carbons (Fsp3) is 0.192. The monoisotopic (exact) mass is 506 g/mol. The largest absolute Gasteiger partial charge is 0.507 e. The van der Waals surface area contributed by atoms with Gasteiger partial charge in [0.1, 0.15) is 11.5 Å². The van der Waals surface area contributed by atoms with Crippen molar-refractivity contribution in [1.29, 1.82) is 0 Å². The molecule has 1 unspecified atom stereocenters. The van der Waals surface area contributed by atoms with Gasteiger partial charge < -0.3 is 14.7 Å². The number of aliphatic hydroxyl groups excluding tert-OH is 1. The minimum atomic E-state index is -0.737. The zero-order chi connectivity index (χ0) is 23.4. The standard InChI is InChI=1S/C26H23BrN2O4/c1-2-13-33-21-7-3-6-19(14-21)24(30)22-23(18-8-10-20(27)11-9-18)29(26(32)25(22)31)16-17-5-4-12-28-15-17/h3-12,14-15,23,30H,2,13,16H2,1H3/b24-22+. The maximum atomic E-state index is 13.2. The average Bonchev–Trinajstić information content (AvgIpc) is 3.08. The fourth-order valence-electron chi connectivity index (χ4n) is 3.83. The number of hydrogen-bond acceptors (Lipinski definition) is 5. The minimum absolute atomic E-state index is 0.0545. The van der Waals surface area contributed by atoms with Gasteiger partial charge >= 0.3 is 0 Å². The van der Waals surface area contributed by atoms with Crippen LogP contribution in [0.3, 0.4) is 0 Å². The van der Waals surface area contributed by atoms with Crippen molar-refractivity contribution in [1.82, 2.24) is 9.88 Å². The SMILES string of the molecule is CCCOc1cccc(/C(O)=C2\C(=O)C(=O)N(Cc3cccnc3)C2c2ccc(Br)cc2)c1. The predicted molar refractivity (Wildman–Crippen MR) is 128 cm³/mol. The van der Waals surface area contributed by atoms with Crippen LogP contribution in [0.2, 0.25) is 0 Å². The summed E-state index contributed by atoms with van der Waals surface area (Å²) in [5, 5.41) is 11.2. The van der Waals surface area contributed by atoms with E-state index >= 15 is 0 Å². The molecule has 0 bridgehead atoms. The molecule has 1 amide bonds. The fourth-order valence-corrected chi connectivity index (χ4v) is 4.10. The molecule has 0 aliphatic carbocycles. The van der Waals surface area contributed by atoms with Crippen molar-refractivity contribution >= 4 is 33.4 Å². The number of amides is 1. The van der Waals surface area contributed by atoms with E-state index < -0.39 is 17.7 Å². The van der Waals surface area contributed by atoms with Gasteiger partial charge in [0.05, 0.1) is 18.2 Å². The van der Waals surface area contributed by atoms with E-state index in [4.69, 9.17) is 4.74 Å². The quantitative estimate of drug-likeness (QED) is 0.268. The second-order valence-electron chi connectivity index (χ2n) is 7.72. The zero-order valence-corrected chi connectivity index (χ0v) is 19.7. The molecule has 1 fully saturated rings. The number of ketones is 1. The number of likely N-dealkylation sites (tertiary alicyclic amines) is 1. The van der Waals surface area contributed by atoms with Crippen LogP contribution in [0.4, 0.5) is 0 Å². The average molecular weight is 507 g/mol. The molecule has 2 heterocycles. The molecule has 33 heavy (non-hydrogen) atoms. The van der Waals surface area contributed by atoms with Gasteiger partial charge in [0.2, 0.25) is 0 Å². The zero-order valence-electron chi connectivity index (χ0n) is 18.1. The molecule has 1 aliphatic heterocycles. The van der Waals surface area contributed by atoms with Gasteiger partial charge in [-0.15, -0.1) is 0 Å². The molecule has 4 rings (SSSR count). The third kappa shape index (κ3) is 4.83. The Hall–Kier alpha value is -3.45. The Kier molecular flexibility index (Phi) is 6.89. The lowest BCUT2D eigenvalue weighted by molar-refractivity contribution is -0.140. The highest BCUT2D eigenvalue weighted by Gasteiger charge is 2.46. The Balaban J connectivity index is 1.81. The lowest BCUT2D eigenvalue weighted by Gasteiger charge is -2.25. The highest BCUT2D eigenvalue weighted by atomic mass is 79.9. The van der Waals surface area contributed by atoms with E-state index in [1.165, 1.54) is 4.90 Å². The number of pyridine rings is 1. The van der Waals surface area contributed by atoms with Crippen molar-refractivity contribution < 1.29 is 19.4 Å². The van der Waals surface area contributed by atoms with Gasteiger partial charge in [-0.25, -0.2) is 0 Å². The van der Waals surface area contributed by atoms with Crippen LogP contribution >= 0.6 is 15.9 Å². The molecule has 2 aromatic carbocycles. The molecule has 1 aliphatic rings. The number of nitrogens with zero attached hydrogens (tertiary/aromatic N) is 2. The predicted octanol–water partition coefficient (Wildman–Crippen LogP) is 5.25. The molecule has 0 spiro atoms. The summed E-state index contributed by atoms with van der Waals surface area (Å²) in [6, 6.07) is 17.2. The number of ether oxygens (including phenoxy) is 1. The number of rotatable bonds is 7. The van der Waals surface area contributed by atoms with Crippen molar-refractivity contribution in [2.24, 2.45) is 0 Å². The number of aromatic nitrogens is 1. The van der Waals surface area contributed by atoms with E-state index in [1.54, 1.807) is 42.7 Å². The summed E-state index contributed by atoms with van der Waals surface area (Å²) >= 11 is 3.42. The minimum Gasteiger partial charge on any atom is -0.507 e. The molecule has 1 saturated heterocycles. The molecule has 7 heteroatoms. The van der Waals surface area contributed by atoms with Crippen LogP contribution in [0.15, 0.2) is 83.1 Å². The second-order valence-corrected chi connectivity index (χ2v) is 8.63. The van der Waals surface area contributed by atoms with Gasteiger partial charge in [0.15, 0.2) is 0 Å². The number of hydrogen-bond donors (Lipinski definition) is 1. The highest BCUT2D eigenvalue weighted by Crippen LogP contribution is 2.40. The first-order chi connectivity index (χ1) is 16.0. The molecule has 0 saturated carbocycles. The third-order valence-electron chi connectivity index (χ3n) is 5.38. The van der Waals surface area contributed by atoms with Gasteiger partial charge in [-0.1, -0.05) is 53.2 Å². The van der Waals surface area contributed by atoms with Crippen molar-refractivity contribution in [3.8, 4) is 5.75 Å². The summed E-state index contributed by atoms with van der Waals surface area (Å²) in [5.74, 6) is -1.02. The summed E-state index contributed by atoms with van der Waals surface area (Å²) in [6.45, 7) is 2.74. The van der Waals surface area contributed by atoms with E-state index in [-0.39, 0.29) is 17.9 Å². The summed E-state index contributed by atoms with van der Waals surface area (Å²) in [4.78, 5) is 31.8. The summed E-state index contributed by atoms with van der Waals surface area (Å²) < 4.78 is 6.54. The molecule has 168 valence electrons. The van der Waals surface area contributed by atoms with Crippen LogP contribution in [0.5, 0.6) is 5.75 Å². The Bertz CT molecular complexity index is 1190. The van der Waals surface area contributed by atoms with Crippen LogP contribution in [0, 0.1) is 0 Å². The first-order valence-corrected chi connectivity index (χ1v) is 11.4. The normalized spacial score (nSPS) is 17.4.